The van der Waals surface area contributed by atoms with Gasteiger partial charge >= 0.3 is 6.09 Å². The van der Waals surface area contributed by atoms with Crippen LogP contribution in [0.2, 0.25) is 0 Å². The highest BCUT2D eigenvalue weighted by Crippen LogP contribution is 2.21. The van der Waals surface area contributed by atoms with E-state index in [0.29, 0.717) is 12.8 Å². The van der Waals surface area contributed by atoms with Crippen LogP contribution in [0.5, 0.6) is 0 Å². The van der Waals surface area contributed by atoms with Crippen LogP contribution in [-0.4, -0.2) is 34.3 Å². The molecule has 0 aliphatic heterocycles. The van der Waals surface area contributed by atoms with Crippen LogP contribution >= 0.6 is 11.6 Å². The van der Waals surface area contributed by atoms with Crippen molar-refractivity contribution in [3.8, 4) is 0 Å². The first kappa shape index (κ1) is 17.6. The number of alkyl halides is 1. The molecule has 3 N–H and O–H groups in total. The van der Waals surface area contributed by atoms with E-state index in [-0.39, 0.29) is 11.8 Å². The molecule has 0 bridgehead atoms. The minimum Gasteiger partial charge on any atom is -0.465 e. The quantitative estimate of drug-likeness (QED) is 0.676. The molecule has 3 atom stereocenters. The average Bonchev–Trinajstić information content (AvgIpc) is 2.54. The molecule has 4 nitrogen and oxygen atoms in total. The van der Waals surface area contributed by atoms with Crippen molar-refractivity contribution in [2.75, 3.05) is 5.88 Å². The fraction of sp³-hybridized carbons (Fsp3) is 0.389. The van der Waals surface area contributed by atoms with Gasteiger partial charge in [-0.1, -0.05) is 49.4 Å². The van der Waals surface area contributed by atoms with Gasteiger partial charge in [0.1, 0.15) is 0 Å². The number of nitrogens with one attached hydrogen (secondary N) is 1. The number of hydrogen-bond acceptors (Lipinski definition) is 2. The van der Waals surface area contributed by atoms with Crippen LogP contribution in [0.4, 0.5) is 4.79 Å². The number of benzene rings is 2. The molecule has 2 rings (SSSR count). The zero-order valence-corrected chi connectivity index (χ0v) is 13.8. The Hall–Kier alpha value is -1.78. The minimum atomic E-state index is -1.10. The van der Waals surface area contributed by atoms with Gasteiger partial charge in [-0.25, -0.2) is 4.79 Å². The molecule has 23 heavy (non-hydrogen) atoms. The summed E-state index contributed by atoms with van der Waals surface area (Å²) >= 11 is 5.99. The van der Waals surface area contributed by atoms with Crippen LogP contribution in [0, 0.1) is 5.92 Å². The lowest BCUT2D eigenvalue weighted by atomic mass is 9.89. The highest BCUT2D eigenvalue weighted by Gasteiger charge is 2.28. The monoisotopic (exact) mass is 335 g/mol. The molecule has 0 aliphatic carbocycles. The summed E-state index contributed by atoms with van der Waals surface area (Å²) in [5, 5.41) is 24.0. The topological polar surface area (TPSA) is 69.6 Å². The summed E-state index contributed by atoms with van der Waals surface area (Å²) in [7, 11) is 0. The number of fused-ring (bicyclic) bond motifs is 1. The fourth-order valence-corrected chi connectivity index (χ4v) is 3.29. The molecule has 0 radical (unpaired) electrons. The Morgan fingerprint density at radius 1 is 1.22 bits per heavy atom. The van der Waals surface area contributed by atoms with Crippen LogP contribution in [0.3, 0.4) is 0 Å². The SMILES string of the molecule is CCC(O)C(CCl)C(Cc1ccc2ccccc2c1)NC(=O)O. The van der Waals surface area contributed by atoms with Gasteiger partial charge in [0.2, 0.25) is 0 Å². The second-order valence-electron chi connectivity index (χ2n) is 5.74. The molecule has 2 aromatic carbocycles. The molecule has 0 fully saturated rings. The summed E-state index contributed by atoms with van der Waals surface area (Å²) < 4.78 is 0. The maximum Gasteiger partial charge on any atom is 0.404 e. The number of aliphatic hydroxyl groups is 1. The first-order valence-electron chi connectivity index (χ1n) is 7.76. The Balaban J connectivity index is 2.25. The van der Waals surface area contributed by atoms with Crippen LogP contribution in [0.15, 0.2) is 42.5 Å². The van der Waals surface area contributed by atoms with Gasteiger partial charge in [-0.05, 0) is 29.2 Å². The molecule has 5 heteroatoms. The number of rotatable bonds is 7. The Morgan fingerprint density at radius 2 is 1.91 bits per heavy atom. The summed E-state index contributed by atoms with van der Waals surface area (Å²) in [6.45, 7) is 1.86. The Labute approximate surface area is 141 Å². The molecule has 0 aromatic heterocycles. The Morgan fingerprint density at radius 3 is 2.52 bits per heavy atom. The number of halogens is 1. The van der Waals surface area contributed by atoms with Gasteiger partial charge in [-0.3, -0.25) is 0 Å². The lowest BCUT2D eigenvalue weighted by molar-refractivity contribution is 0.0906. The smallest absolute Gasteiger partial charge is 0.404 e. The third-order valence-electron chi connectivity index (χ3n) is 4.19. The fourth-order valence-electron chi connectivity index (χ4n) is 2.87. The summed E-state index contributed by atoms with van der Waals surface area (Å²) in [6.07, 6.45) is -0.711. The standard InChI is InChI=1S/C18H22ClNO3/c1-2-17(21)15(11-19)16(20-18(22)23)10-12-7-8-13-5-3-4-6-14(13)9-12/h3-9,15-17,20-21H,2,10-11H2,1H3,(H,22,23). The molecule has 0 spiro atoms. The maximum absolute atomic E-state index is 11.1. The third-order valence-corrected chi connectivity index (χ3v) is 4.54. The molecule has 0 aliphatic rings. The number of hydrogen-bond donors (Lipinski definition) is 3. The van der Waals surface area contributed by atoms with Gasteiger partial charge in [0, 0.05) is 17.8 Å². The molecule has 0 heterocycles. The van der Waals surface area contributed by atoms with Gasteiger partial charge in [-0.15, -0.1) is 11.6 Å². The van der Waals surface area contributed by atoms with E-state index in [0.717, 1.165) is 16.3 Å². The second kappa shape index (κ2) is 8.18. The molecule has 3 unspecified atom stereocenters. The molecular formula is C18H22ClNO3. The highest BCUT2D eigenvalue weighted by atomic mass is 35.5. The first-order valence-corrected chi connectivity index (χ1v) is 8.29. The third kappa shape index (κ3) is 4.60. The molecule has 0 saturated carbocycles. The van der Waals surface area contributed by atoms with Crippen LogP contribution < -0.4 is 5.32 Å². The van der Waals surface area contributed by atoms with E-state index in [1.165, 1.54) is 0 Å². The minimum absolute atomic E-state index is 0.202. The molecule has 2 aromatic rings. The summed E-state index contributed by atoms with van der Waals surface area (Å²) in [5.74, 6) is -0.127. The van der Waals surface area contributed by atoms with E-state index >= 15 is 0 Å². The van der Waals surface area contributed by atoms with E-state index in [1.54, 1.807) is 0 Å². The summed E-state index contributed by atoms with van der Waals surface area (Å²) in [4.78, 5) is 11.1. The largest absolute Gasteiger partial charge is 0.465 e. The number of aliphatic hydroxyl groups excluding tert-OH is 1. The van der Waals surface area contributed by atoms with Crippen LogP contribution in [0.1, 0.15) is 18.9 Å². The molecular weight excluding hydrogens is 314 g/mol. The maximum atomic E-state index is 11.1. The van der Waals surface area contributed by atoms with Gasteiger partial charge in [0.05, 0.1) is 6.10 Å². The summed E-state index contributed by atoms with van der Waals surface area (Å²) in [6, 6.07) is 13.7. The number of carbonyl (C=O) groups is 1. The zero-order valence-electron chi connectivity index (χ0n) is 13.1. The van der Waals surface area contributed by atoms with Crippen molar-refractivity contribution in [3.63, 3.8) is 0 Å². The first-order chi connectivity index (χ1) is 11.0. The average molecular weight is 336 g/mol. The van der Waals surface area contributed by atoms with Crippen LogP contribution in [-0.2, 0) is 6.42 Å². The van der Waals surface area contributed by atoms with Crippen molar-refractivity contribution in [3.05, 3.63) is 48.0 Å². The second-order valence-corrected chi connectivity index (χ2v) is 6.04. The lowest BCUT2D eigenvalue weighted by Crippen LogP contribution is -2.46. The molecule has 1 amide bonds. The number of carboxylic acid groups (broad SMARTS) is 1. The van der Waals surface area contributed by atoms with Crippen molar-refractivity contribution >= 4 is 28.5 Å². The molecule has 124 valence electrons. The van der Waals surface area contributed by atoms with Gasteiger partial charge in [0.25, 0.3) is 0 Å². The van der Waals surface area contributed by atoms with Crippen molar-refractivity contribution in [2.24, 2.45) is 5.92 Å². The van der Waals surface area contributed by atoms with E-state index in [9.17, 15) is 9.90 Å². The Bertz CT molecular complexity index is 662. The number of amides is 1. The van der Waals surface area contributed by atoms with E-state index in [1.807, 2.05) is 43.3 Å². The van der Waals surface area contributed by atoms with Crippen molar-refractivity contribution in [1.82, 2.24) is 5.32 Å². The van der Waals surface area contributed by atoms with Crippen LogP contribution in [0.25, 0.3) is 10.8 Å². The van der Waals surface area contributed by atoms with Crippen molar-refractivity contribution in [2.45, 2.75) is 31.9 Å². The Kier molecular flexibility index (Phi) is 6.25. The van der Waals surface area contributed by atoms with Crippen molar-refractivity contribution < 1.29 is 15.0 Å². The van der Waals surface area contributed by atoms with E-state index in [2.05, 4.69) is 11.4 Å². The predicted octanol–water partition coefficient (Wildman–Crippen LogP) is 3.64. The predicted molar refractivity (Wildman–Crippen MR) is 93.1 cm³/mol. The lowest BCUT2D eigenvalue weighted by Gasteiger charge is -2.29. The van der Waals surface area contributed by atoms with E-state index < -0.39 is 18.2 Å². The van der Waals surface area contributed by atoms with E-state index in [4.69, 9.17) is 16.7 Å². The summed E-state index contributed by atoms with van der Waals surface area (Å²) in [5.41, 5.74) is 1.01. The highest BCUT2D eigenvalue weighted by molar-refractivity contribution is 6.18. The van der Waals surface area contributed by atoms with Crippen molar-refractivity contribution in [1.29, 1.82) is 0 Å². The van der Waals surface area contributed by atoms with Gasteiger partial charge in [0.15, 0.2) is 0 Å². The zero-order chi connectivity index (χ0) is 16.8. The normalized spacial score (nSPS) is 15.1. The van der Waals surface area contributed by atoms with Gasteiger partial charge in [-0.2, -0.15) is 0 Å². The molecule has 0 saturated heterocycles. The van der Waals surface area contributed by atoms with Gasteiger partial charge < -0.3 is 15.5 Å².